The van der Waals surface area contributed by atoms with Crippen LogP contribution in [-0.2, 0) is 4.74 Å². The lowest BCUT2D eigenvalue weighted by Crippen LogP contribution is -2.45. The van der Waals surface area contributed by atoms with Crippen molar-refractivity contribution < 1.29 is 18.3 Å². The van der Waals surface area contributed by atoms with E-state index in [1.165, 1.54) is 6.07 Å². The van der Waals surface area contributed by atoms with Crippen LogP contribution in [0.5, 0.6) is 5.75 Å². The van der Waals surface area contributed by atoms with E-state index in [4.69, 9.17) is 16.3 Å². The third kappa shape index (κ3) is 3.70. The van der Waals surface area contributed by atoms with Crippen molar-refractivity contribution in [1.82, 2.24) is 0 Å². The summed E-state index contributed by atoms with van der Waals surface area (Å²) in [5, 5.41) is 3.53. The van der Waals surface area contributed by atoms with Gasteiger partial charge in [-0.1, -0.05) is 18.5 Å². The molecule has 1 heterocycles. The Morgan fingerprint density at radius 3 is 2.74 bits per heavy atom. The van der Waals surface area contributed by atoms with Crippen LogP contribution in [0.25, 0.3) is 0 Å². The third-order valence-electron chi connectivity index (χ3n) is 2.82. The van der Waals surface area contributed by atoms with E-state index >= 15 is 0 Å². The number of benzene rings is 1. The van der Waals surface area contributed by atoms with Crippen molar-refractivity contribution in [2.24, 2.45) is 5.41 Å². The van der Waals surface area contributed by atoms with E-state index in [0.717, 1.165) is 0 Å². The van der Waals surface area contributed by atoms with E-state index in [0.29, 0.717) is 34.9 Å². The molecule has 1 saturated heterocycles. The van der Waals surface area contributed by atoms with E-state index < -0.39 is 6.61 Å². The fraction of sp³-hybridized carbons (Fsp3) is 0.500. The summed E-state index contributed by atoms with van der Waals surface area (Å²) in [6.45, 7) is 1.05. The van der Waals surface area contributed by atoms with Gasteiger partial charge in [0.1, 0.15) is 0 Å². The van der Waals surface area contributed by atoms with Gasteiger partial charge in [-0.25, -0.2) is 0 Å². The predicted octanol–water partition coefficient (Wildman–Crippen LogP) is 4.15. The van der Waals surface area contributed by atoms with Crippen molar-refractivity contribution >= 4 is 33.2 Å². The Hall–Kier alpha value is -0.590. The molecule has 7 heteroatoms. The van der Waals surface area contributed by atoms with Crippen LogP contribution in [0.4, 0.5) is 14.5 Å². The SMILES string of the molecule is CC1(CNc2cc(Cl)cc(Br)c2OC(F)F)COC1. The molecule has 106 valence electrons. The summed E-state index contributed by atoms with van der Waals surface area (Å²) in [5.74, 6) is 0.0586. The zero-order chi connectivity index (χ0) is 14.0. The number of ether oxygens (including phenoxy) is 2. The average Bonchev–Trinajstić information content (AvgIpc) is 2.27. The second-order valence-electron chi connectivity index (χ2n) is 4.80. The summed E-state index contributed by atoms with van der Waals surface area (Å²) in [6.07, 6.45) is 0. The molecule has 0 unspecified atom stereocenters. The van der Waals surface area contributed by atoms with Crippen LogP contribution >= 0.6 is 27.5 Å². The first-order valence-electron chi connectivity index (χ1n) is 5.65. The molecule has 0 aromatic heterocycles. The lowest BCUT2D eigenvalue weighted by atomic mass is 9.88. The number of hydrogen-bond donors (Lipinski definition) is 1. The summed E-state index contributed by atoms with van der Waals surface area (Å²) in [7, 11) is 0. The van der Waals surface area contributed by atoms with E-state index in [1.807, 2.05) is 0 Å². The van der Waals surface area contributed by atoms with Gasteiger partial charge in [-0.3, -0.25) is 0 Å². The Bertz CT molecular complexity index is 469. The van der Waals surface area contributed by atoms with Crippen LogP contribution in [-0.4, -0.2) is 26.4 Å². The third-order valence-corrected chi connectivity index (χ3v) is 3.63. The van der Waals surface area contributed by atoms with Gasteiger partial charge in [0.25, 0.3) is 0 Å². The van der Waals surface area contributed by atoms with Crippen LogP contribution in [0.3, 0.4) is 0 Å². The zero-order valence-corrected chi connectivity index (χ0v) is 12.5. The van der Waals surface area contributed by atoms with Crippen molar-refractivity contribution in [2.75, 3.05) is 25.1 Å². The van der Waals surface area contributed by atoms with Crippen molar-refractivity contribution in [2.45, 2.75) is 13.5 Å². The summed E-state index contributed by atoms with van der Waals surface area (Å²) in [5.41, 5.74) is 0.449. The maximum absolute atomic E-state index is 12.4. The predicted molar refractivity (Wildman–Crippen MR) is 73.2 cm³/mol. The van der Waals surface area contributed by atoms with Gasteiger partial charge in [0, 0.05) is 17.0 Å². The average molecular weight is 357 g/mol. The topological polar surface area (TPSA) is 30.5 Å². The molecule has 19 heavy (non-hydrogen) atoms. The van der Waals surface area contributed by atoms with Crippen LogP contribution in [0, 0.1) is 5.41 Å². The molecule has 2 rings (SSSR count). The maximum Gasteiger partial charge on any atom is 0.387 e. The molecule has 0 bridgehead atoms. The van der Waals surface area contributed by atoms with Crippen molar-refractivity contribution in [3.05, 3.63) is 21.6 Å². The fourth-order valence-corrected chi connectivity index (χ4v) is 2.67. The van der Waals surface area contributed by atoms with Gasteiger partial charge in [0.05, 0.1) is 23.4 Å². The highest BCUT2D eigenvalue weighted by molar-refractivity contribution is 9.10. The second kappa shape index (κ2) is 5.81. The van der Waals surface area contributed by atoms with Gasteiger partial charge in [0.15, 0.2) is 5.75 Å². The Balaban J connectivity index is 2.16. The number of rotatable bonds is 5. The van der Waals surface area contributed by atoms with Crippen molar-refractivity contribution in [1.29, 1.82) is 0 Å². The molecule has 1 aliphatic heterocycles. The number of alkyl halides is 2. The van der Waals surface area contributed by atoms with E-state index in [2.05, 4.69) is 32.9 Å². The molecule has 1 aliphatic rings. The molecule has 1 N–H and O–H groups in total. The van der Waals surface area contributed by atoms with E-state index in [-0.39, 0.29) is 11.2 Å². The molecule has 1 aromatic rings. The standard InChI is InChI=1S/C12H13BrClF2NO2/c1-12(5-18-6-12)4-17-9-3-7(14)2-8(13)10(9)19-11(15)16/h2-3,11,17H,4-6H2,1H3. The highest BCUT2D eigenvalue weighted by Gasteiger charge is 2.33. The molecule has 0 radical (unpaired) electrons. The molecule has 0 atom stereocenters. The Kier molecular flexibility index (Phi) is 4.53. The highest BCUT2D eigenvalue weighted by Crippen LogP contribution is 2.38. The maximum atomic E-state index is 12.4. The van der Waals surface area contributed by atoms with Crippen LogP contribution < -0.4 is 10.1 Å². The lowest BCUT2D eigenvalue weighted by molar-refractivity contribution is -0.0925. The molecule has 1 aromatic carbocycles. The van der Waals surface area contributed by atoms with Gasteiger partial charge in [-0.2, -0.15) is 8.78 Å². The fourth-order valence-electron chi connectivity index (χ4n) is 1.76. The molecule has 0 saturated carbocycles. The van der Waals surface area contributed by atoms with Gasteiger partial charge in [0.2, 0.25) is 0 Å². The Morgan fingerprint density at radius 1 is 1.53 bits per heavy atom. The number of halogens is 4. The van der Waals surface area contributed by atoms with Gasteiger partial charge in [-0.05, 0) is 28.1 Å². The molecular formula is C12H13BrClF2NO2. The normalized spacial score (nSPS) is 17.2. The molecular weight excluding hydrogens is 343 g/mol. The van der Waals surface area contributed by atoms with Crippen molar-refractivity contribution in [3.63, 3.8) is 0 Å². The minimum atomic E-state index is -2.89. The first-order chi connectivity index (χ1) is 8.89. The minimum Gasteiger partial charge on any atom is -0.431 e. The Labute approximate surface area is 123 Å². The molecule has 0 spiro atoms. The first kappa shape index (κ1) is 14.8. The number of hydrogen-bond acceptors (Lipinski definition) is 3. The number of nitrogens with one attached hydrogen (secondary N) is 1. The first-order valence-corrected chi connectivity index (χ1v) is 6.82. The molecule has 3 nitrogen and oxygen atoms in total. The summed E-state index contributed by atoms with van der Waals surface area (Å²) in [4.78, 5) is 0. The number of anilines is 1. The molecule has 0 amide bonds. The summed E-state index contributed by atoms with van der Waals surface area (Å²) < 4.78 is 34.9. The van der Waals surface area contributed by atoms with Crippen LogP contribution in [0.15, 0.2) is 16.6 Å². The van der Waals surface area contributed by atoms with Gasteiger partial charge >= 0.3 is 6.61 Å². The van der Waals surface area contributed by atoms with Gasteiger partial charge < -0.3 is 14.8 Å². The minimum absolute atomic E-state index is 0.0108. The highest BCUT2D eigenvalue weighted by atomic mass is 79.9. The summed E-state index contributed by atoms with van der Waals surface area (Å²) >= 11 is 9.09. The lowest BCUT2D eigenvalue weighted by Gasteiger charge is -2.38. The summed E-state index contributed by atoms with van der Waals surface area (Å²) in [6, 6.07) is 3.07. The van der Waals surface area contributed by atoms with E-state index in [9.17, 15) is 8.78 Å². The smallest absolute Gasteiger partial charge is 0.387 e. The Morgan fingerprint density at radius 2 is 2.21 bits per heavy atom. The monoisotopic (exact) mass is 355 g/mol. The van der Waals surface area contributed by atoms with Crippen LogP contribution in [0.2, 0.25) is 5.02 Å². The molecule has 0 aliphatic carbocycles. The van der Waals surface area contributed by atoms with E-state index in [1.54, 1.807) is 6.07 Å². The van der Waals surface area contributed by atoms with Crippen molar-refractivity contribution in [3.8, 4) is 5.75 Å². The largest absolute Gasteiger partial charge is 0.431 e. The quantitative estimate of drug-likeness (QED) is 0.859. The second-order valence-corrected chi connectivity index (χ2v) is 6.09. The van der Waals surface area contributed by atoms with Gasteiger partial charge in [-0.15, -0.1) is 0 Å². The molecule has 1 fully saturated rings. The van der Waals surface area contributed by atoms with Crippen LogP contribution in [0.1, 0.15) is 6.92 Å². The zero-order valence-electron chi connectivity index (χ0n) is 10.2.